The highest BCUT2D eigenvalue weighted by Crippen LogP contribution is 2.25. The third kappa shape index (κ3) is 2.78. The van der Waals surface area contributed by atoms with Crippen molar-refractivity contribution in [2.75, 3.05) is 0 Å². The first kappa shape index (κ1) is 12.4. The number of amidine groups is 1. The molecule has 2 rings (SSSR count). The molecule has 0 unspecified atom stereocenters. The van der Waals surface area contributed by atoms with Gasteiger partial charge >= 0.3 is 0 Å². The number of nitrogen functional groups attached to an aromatic ring is 1. The van der Waals surface area contributed by atoms with Gasteiger partial charge in [-0.15, -0.1) is 0 Å². The molecule has 0 aliphatic carbocycles. The molecular formula is C13H12ClN3O. The number of ether oxygens (including phenoxy) is 1. The molecule has 0 spiro atoms. The molecule has 0 aliphatic rings. The predicted molar refractivity (Wildman–Crippen MR) is 71.0 cm³/mol. The highest BCUT2D eigenvalue weighted by Gasteiger charge is 2.10. The molecule has 0 saturated carbocycles. The summed E-state index contributed by atoms with van der Waals surface area (Å²) in [6, 6.07) is 11.3. The van der Waals surface area contributed by atoms with Gasteiger partial charge in [-0.3, -0.25) is 5.41 Å². The van der Waals surface area contributed by atoms with E-state index < -0.39 is 0 Å². The molecule has 0 bridgehead atoms. The third-order valence-electron chi connectivity index (χ3n) is 2.37. The van der Waals surface area contributed by atoms with E-state index in [9.17, 15) is 0 Å². The first-order chi connectivity index (χ1) is 8.68. The van der Waals surface area contributed by atoms with Crippen LogP contribution in [0.25, 0.3) is 0 Å². The van der Waals surface area contributed by atoms with Crippen LogP contribution in [0.2, 0.25) is 5.02 Å². The van der Waals surface area contributed by atoms with Crippen molar-refractivity contribution in [2.45, 2.75) is 6.61 Å². The summed E-state index contributed by atoms with van der Waals surface area (Å²) in [6.45, 7) is 0.370. The zero-order valence-corrected chi connectivity index (χ0v) is 10.3. The first-order valence-corrected chi connectivity index (χ1v) is 5.72. The van der Waals surface area contributed by atoms with Gasteiger partial charge in [-0.25, -0.2) is 4.98 Å². The van der Waals surface area contributed by atoms with Crippen LogP contribution in [0.4, 0.5) is 0 Å². The van der Waals surface area contributed by atoms with Crippen molar-refractivity contribution in [3.8, 4) is 5.88 Å². The molecule has 18 heavy (non-hydrogen) atoms. The first-order valence-electron chi connectivity index (χ1n) is 5.34. The molecule has 5 heteroatoms. The smallest absolute Gasteiger partial charge is 0.233 e. The maximum Gasteiger partial charge on any atom is 0.233 e. The van der Waals surface area contributed by atoms with Gasteiger partial charge < -0.3 is 10.5 Å². The van der Waals surface area contributed by atoms with Gasteiger partial charge in [-0.2, -0.15) is 0 Å². The van der Waals surface area contributed by atoms with E-state index in [4.69, 9.17) is 27.5 Å². The lowest BCUT2D eigenvalue weighted by Gasteiger charge is -2.09. The van der Waals surface area contributed by atoms with Crippen molar-refractivity contribution in [1.82, 2.24) is 4.98 Å². The van der Waals surface area contributed by atoms with E-state index in [1.54, 1.807) is 6.07 Å². The standard InChI is InChI=1S/C13H12ClN3O/c14-11-10(12(15)16)6-7-17-13(11)18-8-9-4-2-1-3-5-9/h1-7H,8H2,(H3,15,16). The molecule has 2 aromatic rings. The fraction of sp³-hybridized carbons (Fsp3) is 0.0769. The molecule has 0 amide bonds. The Kier molecular flexibility index (Phi) is 3.79. The van der Waals surface area contributed by atoms with Crippen molar-refractivity contribution in [1.29, 1.82) is 5.41 Å². The number of pyridine rings is 1. The lowest BCUT2D eigenvalue weighted by Crippen LogP contribution is -2.12. The van der Waals surface area contributed by atoms with Crippen molar-refractivity contribution in [2.24, 2.45) is 5.73 Å². The van der Waals surface area contributed by atoms with E-state index in [0.717, 1.165) is 5.56 Å². The number of nitrogens with zero attached hydrogens (tertiary/aromatic N) is 1. The Labute approximate surface area is 110 Å². The predicted octanol–water partition coefficient (Wildman–Crippen LogP) is 2.60. The molecule has 1 heterocycles. The molecule has 0 saturated heterocycles. The van der Waals surface area contributed by atoms with Crippen molar-refractivity contribution < 1.29 is 4.74 Å². The van der Waals surface area contributed by atoms with Gasteiger partial charge in [-0.1, -0.05) is 41.9 Å². The van der Waals surface area contributed by atoms with Crippen LogP contribution >= 0.6 is 11.6 Å². The summed E-state index contributed by atoms with van der Waals surface area (Å²) in [7, 11) is 0. The molecule has 4 nitrogen and oxygen atoms in total. The van der Waals surface area contributed by atoms with Crippen LogP contribution in [0.15, 0.2) is 42.6 Å². The minimum absolute atomic E-state index is 0.105. The van der Waals surface area contributed by atoms with E-state index in [1.165, 1.54) is 6.20 Å². The van der Waals surface area contributed by atoms with E-state index in [2.05, 4.69) is 4.98 Å². The Balaban J connectivity index is 2.15. The topological polar surface area (TPSA) is 72.0 Å². The summed E-state index contributed by atoms with van der Waals surface area (Å²) in [4.78, 5) is 4.03. The molecule has 1 aromatic carbocycles. The van der Waals surface area contributed by atoms with Gasteiger partial charge in [0.2, 0.25) is 5.88 Å². The summed E-state index contributed by atoms with van der Waals surface area (Å²) < 4.78 is 5.52. The lowest BCUT2D eigenvalue weighted by atomic mass is 10.2. The minimum atomic E-state index is -0.105. The van der Waals surface area contributed by atoms with Crippen LogP contribution < -0.4 is 10.5 Å². The number of hydrogen-bond donors (Lipinski definition) is 2. The second kappa shape index (κ2) is 5.51. The van der Waals surface area contributed by atoms with E-state index >= 15 is 0 Å². The van der Waals surface area contributed by atoms with Crippen LogP contribution in [0.5, 0.6) is 5.88 Å². The Morgan fingerprint density at radius 2 is 2.00 bits per heavy atom. The number of hydrogen-bond acceptors (Lipinski definition) is 3. The third-order valence-corrected chi connectivity index (χ3v) is 2.73. The fourth-order valence-corrected chi connectivity index (χ4v) is 1.73. The normalized spacial score (nSPS) is 10.1. The summed E-state index contributed by atoms with van der Waals surface area (Å²) in [6.07, 6.45) is 1.52. The molecule has 0 radical (unpaired) electrons. The van der Waals surface area contributed by atoms with Gasteiger partial charge in [0.05, 0.1) is 0 Å². The average Bonchev–Trinajstić information content (AvgIpc) is 2.38. The Morgan fingerprint density at radius 3 is 2.67 bits per heavy atom. The quantitative estimate of drug-likeness (QED) is 0.656. The number of aromatic nitrogens is 1. The van der Waals surface area contributed by atoms with Gasteiger partial charge in [0, 0.05) is 11.8 Å². The van der Waals surface area contributed by atoms with Crippen LogP contribution in [-0.4, -0.2) is 10.8 Å². The fourth-order valence-electron chi connectivity index (χ4n) is 1.46. The van der Waals surface area contributed by atoms with Gasteiger partial charge in [0.15, 0.2) is 0 Å². The van der Waals surface area contributed by atoms with Crippen LogP contribution in [0.1, 0.15) is 11.1 Å². The number of halogens is 1. The molecule has 3 N–H and O–H groups in total. The van der Waals surface area contributed by atoms with Crippen molar-refractivity contribution >= 4 is 17.4 Å². The van der Waals surface area contributed by atoms with E-state index in [1.807, 2.05) is 30.3 Å². The Hall–Kier alpha value is -2.07. The lowest BCUT2D eigenvalue weighted by molar-refractivity contribution is 0.294. The SMILES string of the molecule is N=C(N)c1ccnc(OCc2ccccc2)c1Cl. The zero-order chi connectivity index (χ0) is 13.0. The van der Waals surface area contributed by atoms with E-state index in [-0.39, 0.29) is 16.7 Å². The van der Waals surface area contributed by atoms with Crippen molar-refractivity contribution in [3.63, 3.8) is 0 Å². The summed E-state index contributed by atoms with van der Waals surface area (Å²) in [5, 5.41) is 7.64. The second-order valence-electron chi connectivity index (χ2n) is 3.67. The van der Waals surface area contributed by atoms with Crippen LogP contribution in [0.3, 0.4) is 0 Å². The van der Waals surface area contributed by atoms with Crippen LogP contribution in [-0.2, 0) is 6.61 Å². The second-order valence-corrected chi connectivity index (χ2v) is 4.04. The molecular weight excluding hydrogens is 250 g/mol. The Bertz CT molecular complexity index is 557. The van der Waals surface area contributed by atoms with Gasteiger partial charge in [0.25, 0.3) is 0 Å². The number of nitrogens with two attached hydrogens (primary N) is 1. The highest BCUT2D eigenvalue weighted by molar-refractivity contribution is 6.35. The summed E-state index contributed by atoms with van der Waals surface area (Å²) in [5.41, 5.74) is 6.85. The highest BCUT2D eigenvalue weighted by atomic mass is 35.5. The number of benzene rings is 1. The van der Waals surface area contributed by atoms with E-state index in [0.29, 0.717) is 12.2 Å². The molecule has 92 valence electrons. The molecule has 0 fully saturated rings. The maximum atomic E-state index is 7.38. The molecule has 0 aliphatic heterocycles. The monoisotopic (exact) mass is 261 g/mol. The van der Waals surface area contributed by atoms with Gasteiger partial charge in [0.1, 0.15) is 17.5 Å². The van der Waals surface area contributed by atoms with Crippen molar-refractivity contribution in [3.05, 3.63) is 58.7 Å². The summed E-state index contributed by atoms with van der Waals surface area (Å²) >= 11 is 6.06. The van der Waals surface area contributed by atoms with Crippen LogP contribution in [0, 0.1) is 5.41 Å². The largest absolute Gasteiger partial charge is 0.472 e. The maximum absolute atomic E-state index is 7.38. The number of rotatable bonds is 4. The summed E-state index contributed by atoms with van der Waals surface area (Å²) in [5.74, 6) is 0.181. The Morgan fingerprint density at radius 1 is 1.28 bits per heavy atom. The average molecular weight is 262 g/mol. The minimum Gasteiger partial charge on any atom is -0.472 e. The molecule has 1 aromatic heterocycles. The zero-order valence-electron chi connectivity index (χ0n) is 9.56. The number of nitrogens with one attached hydrogen (secondary N) is 1. The molecule has 0 atom stereocenters. The van der Waals surface area contributed by atoms with Gasteiger partial charge in [-0.05, 0) is 11.6 Å².